The largest absolute Gasteiger partial charge is 0.464 e. The van der Waals surface area contributed by atoms with E-state index in [0.717, 1.165) is 51.4 Å². The molecule has 0 bridgehead atoms. The number of ketones is 1. The Morgan fingerprint density at radius 1 is 0.619 bits per heavy atom. The van der Waals surface area contributed by atoms with Gasteiger partial charge in [-0.2, -0.15) is 0 Å². The number of Topliss-reactive ketones (excluding diaryl/α,β-unsaturated/α-hetero) is 1. The van der Waals surface area contributed by atoms with E-state index in [9.17, 15) is 24.0 Å². The Bertz CT molecular complexity index is 823. The minimum absolute atomic E-state index is 0.124. The molecule has 0 saturated carbocycles. The predicted molar refractivity (Wildman–Crippen MR) is 166 cm³/mol. The van der Waals surface area contributed by atoms with Crippen LogP contribution < -0.4 is 10.6 Å². The maximum absolute atomic E-state index is 12.7. The topological polar surface area (TPSA) is 128 Å². The highest BCUT2D eigenvalue weighted by Crippen LogP contribution is 2.12. The Kier molecular flexibility index (Phi) is 23.2. The highest BCUT2D eigenvalue weighted by Gasteiger charge is 2.24. The molecule has 0 spiro atoms. The van der Waals surface area contributed by atoms with Crippen LogP contribution in [0, 0.1) is 11.8 Å². The van der Waals surface area contributed by atoms with E-state index in [1.54, 1.807) is 19.9 Å². The highest BCUT2D eigenvalue weighted by molar-refractivity contribution is 5.91. The van der Waals surface area contributed by atoms with Crippen LogP contribution in [0.3, 0.4) is 0 Å². The molecule has 0 aliphatic carbocycles. The van der Waals surface area contributed by atoms with Crippen LogP contribution in [0.25, 0.3) is 0 Å². The molecule has 2 atom stereocenters. The van der Waals surface area contributed by atoms with Gasteiger partial charge in [0.15, 0.2) is 0 Å². The summed E-state index contributed by atoms with van der Waals surface area (Å²) in [6.07, 6.45) is 13.9. The molecule has 0 aliphatic rings. The van der Waals surface area contributed by atoms with Crippen molar-refractivity contribution in [3.8, 4) is 0 Å². The monoisotopic (exact) mass is 594 g/mol. The quantitative estimate of drug-likeness (QED) is 0.0756. The number of nitrogens with one attached hydrogen (secondary N) is 2. The summed E-state index contributed by atoms with van der Waals surface area (Å²) < 4.78 is 10.8. The van der Waals surface area contributed by atoms with Gasteiger partial charge in [0.05, 0.1) is 13.2 Å². The van der Waals surface area contributed by atoms with Crippen molar-refractivity contribution >= 4 is 29.5 Å². The summed E-state index contributed by atoms with van der Waals surface area (Å²) in [6, 6.07) is -1.31. The molecule has 0 aliphatic heterocycles. The molecular formula is C33H58N2O7. The first-order valence-corrected chi connectivity index (χ1v) is 16.0. The van der Waals surface area contributed by atoms with Crippen LogP contribution in [-0.2, 0) is 33.4 Å². The molecule has 0 fully saturated rings. The Balaban J connectivity index is 4.22. The van der Waals surface area contributed by atoms with Gasteiger partial charge in [-0.1, -0.05) is 59.5 Å². The second-order valence-corrected chi connectivity index (χ2v) is 12.0. The summed E-state index contributed by atoms with van der Waals surface area (Å²) in [5.41, 5.74) is 0. The van der Waals surface area contributed by atoms with Gasteiger partial charge in [-0.3, -0.25) is 9.59 Å². The van der Waals surface area contributed by atoms with Crippen molar-refractivity contribution in [3.05, 3.63) is 12.2 Å². The summed E-state index contributed by atoms with van der Waals surface area (Å²) in [7, 11) is 0. The lowest BCUT2D eigenvalue weighted by Gasteiger charge is -2.19. The van der Waals surface area contributed by atoms with Gasteiger partial charge in [0.25, 0.3) is 0 Å². The predicted octanol–water partition coefficient (Wildman–Crippen LogP) is 5.98. The molecule has 0 aromatic heterocycles. The number of unbranched alkanes of at least 4 members (excludes halogenated alkanes) is 8. The van der Waals surface area contributed by atoms with Gasteiger partial charge in [-0.05, 0) is 83.1 Å². The van der Waals surface area contributed by atoms with Crippen LogP contribution in [0.4, 0.5) is 0 Å². The average Bonchev–Trinajstić information content (AvgIpc) is 2.90. The van der Waals surface area contributed by atoms with Crippen LogP contribution in [0.1, 0.15) is 131 Å². The SMILES string of the molecule is C/C=C/C(=O)NC(CC(C)C)C(=O)OCCCCCCOC(=O)C(CC(C)C)NC(=O)CCCCCCCCC(C)=O. The van der Waals surface area contributed by atoms with Crippen LogP contribution >= 0.6 is 0 Å². The third-order valence-corrected chi connectivity index (χ3v) is 6.66. The number of allylic oxidation sites excluding steroid dienone is 1. The van der Waals surface area contributed by atoms with Gasteiger partial charge in [0.2, 0.25) is 11.8 Å². The van der Waals surface area contributed by atoms with Crippen molar-refractivity contribution in [3.63, 3.8) is 0 Å². The van der Waals surface area contributed by atoms with Crippen molar-refractivity contribution in [1.82, 2.24) is 10.6 Å². The summed E-state index contributed by atoms with van der Waals surface area (Å²) >= 11 is 0. The fraction of sp³-hybridized carbons (Fsp3) is 0.788. The molecule has 0 saturated heterocycles. The summed E-state index contributed by atoms with van der Waals surface area (Å²) in [6.45, 7) is 11.9. The van der Waals surface area contributed by atoms with Gasteiger partial charge >= 0.3 is 11.9 Å². The number of rotatable bonds is 25. The molecule has 42 heavy (non-hydrogen) atoms. The molecule has 242 valence electrons. The van der Waals surface area contributed by atoms with Gasteiger partial charge in [0, 0.05) is 12.8 Å². The lowest BCUT2D eigenvalue weighted by atomic mass is 10.0. The van der Waals surface area contributed by atoms with E-state index in [1.807, 2.05) is 27.7 Å². The van der Waals surface area contributed by atoms with E-state index in [1.165, 1.54) is 6.08 Å². The Hall–Kier alpha value is -2.71. The Morgan fingerprint density at radius 2 is 1.05 bits per heavy atom. The molecule has 0 aromatic carbocycles. The van der Waals surface area contributed by atoms with Crippen molar-refractivity contribution in [2.45, 2.75) is 144 Å². The molecule has 2 unspecified atom stereocenters. The average molecular weight is 595 g/mol. The number of hydrogen-bond acceptors (Lipinski definition) is 7. The van der Waals surface area contributed by atoms with E-state index in [4.69, 9.17) is 9.47 Å². The standard InChI is InChI=1S/C33H58N2O7/c1-7-18-30(37)34-28(23-25(2)3)32(39)41-21-16-12-13-17-22-42-33(40)29(24-26(4)5)35-31(38)20-15-11-9-8-10-14-19-27(6)36/h7,18,25-26,28-29H,8-17,19-24H2,1-6H3,(H,34,37)(H,35,38)/b18-7+. The normalized spacial score (nSPS) is 12.8. The van der Waals surface area contributed by atoms with Crippen LogP contribution in [-0.4, -0.2) is 54.8 Å². The molecule has 0 radical (unpaired) electrons. The first-order valence-electron chi connectivity index (χ1n) is 16.0. The third-order valence-electron chi connectivity index (χ3n) is 6.66. The fourth-order valence-corrected chi connectivity index (χ4v) is 4.48. The second-order valence-electron chi connectivity index (χ2n) is 12.0. The van der Waals surface area contributed by atoms with Crippen LogP contribution in [0.2, 0.25) is 0 Å². The summed E-state index contributed by atoms with van der Waals surface area (Å²) in [5, 5.41) is 5.56. The molecule has 0 aromatic rings. The number of esters is 2. The van der Waals surface area contributed by atoms with E-state index in [0.29, 0.717) is 38.5 Å². The Labute approximate surface area is 254 Å². The van der Waals surface area contributed by atoms with E-state index in [2.05, 4.69) is 10.6 Å². The van der Waals surface area contributed by atoms with Crippen molar-refractivity contribution in [1.29, 1.82) is 0 Å². The molecule has 2 N–H and O–H groups in total. The minimum atomic E-state index is -0.665. The lowest BCUT2D eigenvalue weighted by molar-refractivity contribution is -0.149. The van der Waals surface area contributed by atoms with Gasteiger partial charge in [-0.15, -0.1) is 0 Å². The van der Waals surface area contributed by atoms with E-state index in [-0.39, 0.29) is 42.6 Å². The zero-order chi connectivity index (χ0) is 31.8. The Morgan fingerprint density at radius 3 is 1.50 bits per heavy atom. The molecular weight excluding hydrogens is 536 g/mol. The molecule has 0 heterocycles. The molecule has 0 rings (SSSR count). The number of carbonyl (C=O) groups is 5. The zero-order valence-corrected chi connectivity index (χ0v) is 27.1. The van der Waals surface area contributed by atoms with Crippen LogP contribution in [0.5, 0.6) is 0 Å². The van der Waals surface area contributed by atoms with Crippen LogP contribution in [0.15, 0.2) is 12.2 Å². The lowest BCUT2D eigenvalue weighted by Crippen LogP contribution is -2.42. The first kappa shape index (κ1) is 39.3. The molecule has 2 amide bonds. The number of amides is 2. The maximum atomic E-state index is 12.7. The highest BCUT2D eigenvalue weighted by atomic mass is 16.5. The summed E-state index contributed by atoms with van der Waals surface area (Å²) in [4.78, 5) is 60.3. The van der Waals surface area contributed by atoms with E-state index >= 15 is 0 Å². The van der Waals surface area contributed by atoms with Gasteiger partial charge < -0.3 is 24.9 Å². The first-order chi connectivity index (χ1) is 20.0. The number of hydrogen-bond donors (Lipinski definition) is 2. The second kappa shape index (κ2) is 24.8. The molecule has 9 nitrogen and oxygen atoms in total. The molecule has 9 heteroatoms. The smallest absolute Gasteiger partial charge is 0.328 e. The summed E-state index contributed by atoms with van der Waals surface area (Å²) in [5.74, 6) is -0.554. The minimum Gasteiger partial charge on any atom is -0.464 e. The van der Waals surface area contributed by atoms with Gasteiger partial charge in [0.1, 0.15) is 17.9 Å². The number of carbonyl (C=O) groups excluding carboxylic acids is 5. The van der Waals surface area contributed by atoms with Crippen molar-refractivity contribution < 1.29 is 33.4 Å². The third kappa shape index (κ3) is 22.9. The fourth-order valence-electron chi connectivity index (χ4n) is 4.48. The number of ether oxygens (including phenoxy) is 2. The van der Waals surface area contributed by atoms with Gasteiger partial charge in [-0.25, -0.2) is 9.59 Å². The maximum Gasteiger partial charge on any atom is 0.328 e. The van der Waals surface area contributed by atoms with Crippen molar-refractivity contribution in [2.24, 2.45) is 11.8 Å². The van der Waals surface area contributed by atoms with Crippen molar-refractivity contribution in [2.75, 3.05) is 13.2 Å². The van der Waals surface area contributed by atoms with E-state index < -0.39 is 24.0 Å². The zero-order valence-electron chi connectivity index (χ0n) is 27.1.